The first-order valence-electron chi connectivity index (χ1n) is 6.81. The molecule has 1 aromatic rings. The molecule has 2 rings (SSSR count). The fourth-order valence-corrected chi connectivity index (χ4v) is 2.76. The van der Waals surface area contributed by atoms with Crippen LogP contribution in [0.15, 0.2) is 28.7 Å². The third-order valence-electron chi connectivity index (χ3n) is 3.37. The van der Waals surface area contributed by atoms with Crippen molar-refractivity contribution in [3.8, 4) is 5.75 Å². The molecule has 0 atom stereocenters. The quantitative estimate of drug-likeness (QED) is 0.724. The maximum absolute atomic E-state index is 5.69. The minimum atomic E-state index is 0.628. The number of hydrogen-bond donors (Lipinski definition) is 0. The second-order valence-electron chi connectivity index (χ2n) is 4.88. The van der Waals surface area contributed by atoms with Gasteiger partial charge in [-0.2, -0.15) is 0 Å². The number of ether oxygens (including phenoxy) is 2. The second kappa shape index (κ2) is 7.80. The van der Waals surface area contributed by atoms with Gasteiger partial charge in [0.15, 0.2) is 0 Å². The number of rotatable bonds is 6. The van der Waals surface area contributed by atoms with E-state index in [0.717, 1.165) is 22.7 Å². The fraction of sp³-hybridized carbons (Fsp3) is 0.600. The van der Waals surface area contributed by atoms with Gasteiger partial charge in [0.2, 0.25) is 0 Å². The summed E-state index contributed by atoms with van der Waals surface area (Å²) in [4.78, 5) is 0. The van der Waals surface area contributed by atoms with Crippen LogP contribution in [-0.4, -0.2) is 19.8 Å². The Morgan fingerprint density at radius 1 is 1.11 bits per heavy atom. The first-order chi connectivity index (χ1) is 8.84. The van der Waals surface area contributed by atoms with E-state index in [1.165, 1.54) is 32.1 Å². The van der Waals surface area contributed by atoms with Crippen LogP contribution in [0.3, 0.4) is 0 Å². The van der Waals surface area contributed by atoms with Gasteiger partial charge < -0.3 is 9.47 Å². The largest absolute Gasteiger partial charge is 0.491 e. The summed E-state index contributed by atoms with van der Waals surface area (Å²) in [7, 11) is 0. The molecule has 1 saturated carbocycles. The van der Waals surface area contributed by atoms with E-state index in [1.807, 2.05) is 24.3 Å². The summed E-state index contributed by atoms with van der Waals surface area (Å²) < 4.78 is 12.4. The Labute approximate surface area is 118 Å². The summed E-state index contributed by atoms with van der Waals surface area (Å²) in [6.45, 7) is 2.22. The molecule has 1 aliphatic carbocycles. The zero-order chi connectivity index (χ0) is 12.6. The van der Waals surface area contributed by atoms with Gasteiger partial charge >= 0.3 is 0 Å². The van der Waals surface area contributed by atoms with E-state index in [1.54, 1.807) is 0 Å². The minimum Gasteiger partial charge on any atom is -0.491 e. The monoisotopic (exact) mass is 312 g/mol. The van der Waals surface area contributed by atoms with E-state index < -0.39 is 0 Å². The molecule has 100 valence electrons. The SMILES string of the molecule is Brc1cccc(OCCOCC2CCCCC2)c1. The van der Waals surface area contributed by atoms with E-state index in [4.69, 9.17) is 9.47 Å². The van der Waals surface area contributed by atoms with Gasteiger partial charge in [-0.1, -0.05) is 41.3 Å². The van der Waals surface area contributed by atoms with Crippen LogP contribution >= 0.6 is 15.9 Å². The molecule has 1 aliphatic rings. The van der Waals surface area contributed by atoms with E-state index in [0.29, 0.717) is 13.2 Å². The number of hydrogen-bond acceptors (Lipinski definition) is 2. The van der Waals surface area contributed by atoms with Gasteiger partial charge in [0.25, 0.3) is 0 Å². The molecule has 0 heterocycles. The lowest BCUT2D eigenvalue weighted by Gasteiger charge is -2.21. The van der Waals surface area contributed by atoms with Crippen molar-refractivity contribution in [1.29, 1.82) is 0 Å². The molecule has 0 amide bonds. The van der Waals surface area contributed by atoms with Crippen molar-refractivity contribution in [3.63, 3.8) is 0 Å². The lowest BCUT2D eigenvalue weighted by Crippen LogP contribution is -2.16. The lowest BCUT2D eigenvalue weighted by molar-refractivity contribution is 0.0635. The molecular weight excluding hydrogens is 292 g/mol. The standard InChI is InChI=1S/C15H21BrO2/c16-14-7-4-8-15(11-14)18-10-9-17-12-13-5-2-1-3-6-13/h4,7-8,11,13H,1-3,5-6,9-10,12H2. The molecule has 1 aromatic carbocycles. The van der Waals surface area contributed by atoms with Crippen LogP contribution in [0.4, 0.5) is 0 Å². The Kier molecular flexibility index (Phi) is 6.01. The minimum absolute atomic E-state index is 0.628. The Morgan fingerprint density at radius 2 is 1.94 bits per heavy atom. The molecule has 0 N–H and O–H groups in total. The summed E-state index contributed by atoms with van der Waals surface area (Å²) in [6, 6.07) is 7.90. The van der Waals surface area contributed by atoms with Crippen molar-refractivity contribution in [2.45, 2.75) is 32.1 Å². The van der Waals surface area contributed by atoms with Gasteiger partial charge in [0.05, 0.1) is 6.61 Å². The molecule has 3 heteroatoms. The van der Waals surface area contributed by atoms with Gasteiger partial charge in [0.1, 0.15) is 12.4 Å². The van der Waals surface area contributed by atoms with Gasteiger partial charge in [-0.25, -0.2) is 0 Å². The Balaban J connectivity index is 1.55. The fourth-order valence-electron chi connectivity index (χ4n) is 2.38. The van der Waals surface area contributed by atoms with Crippen LogP contribution in [-0.2, 0) is 4.74 Å². The van der Waals surface area contributed by atoms with Crippen molar-refractivity contribution in [2.75, 3.05) is 19.8 Å². The summed E-state index contributed by atoms with van der Waals surface area (Å²) in [5.74, 6) is 1.68. The van der Waals surface area contributed by atoms with E-state index in [-0.39, 0.29) is 0 Å². The van der Waals surface area contributed by atoms with Crippen LogP contribution in [0, 0.1) is 5.92 Å². The van der Waals surface area contributed by atoms with Crippen molar-refractivity contribution >= 4 is 15.9 Å². The van der Waals surface area contributed by atoms with Gasteiger partial charge in [-0.15, -0.1) is 0 Å². The zero-order valence-corrected chi connectivity index (χ0v) is 12.3. The topological polar surface area (TPSA) is 18.5 Å². The highest BCUT2D eigenvalue weighted by atomic mass is 79.9. The highest BCUT2D eigenvalue weighted by molar-refractivity contribution is 9.10. The smallest absolute Gasteiger partial charge is 0.120 e. The van der Waals surface area contributed by atoms with Crippen LogP contribution in [0.5, 0.6) is 5.75 Å². The van der Waals surface area contributed by atoms with E-state index in [2.05, 4.69) is 15.9 Å². The van der Waals surface area contributed by atoms with E-state index >= 15 is 0 Å². The van der Waals surface area contributed by atoms with Crippen LogP contribution in [0.2, 0.25) is 0 Å². The molecule has 0 radical (unpaired) electrons. The maximum Gasteiger partial charge on any atom is 0.120 e. The van der Waals surface area contributed by atoms with Crippen LogP contribution in [0.1, 0.15) is 32.1 Å². The Morgan fingerprint density at radius 3 is 2.72 bits per heavy atom. The second-order valence-corrected chi connectivity index (χ2v) is 5.80. The Bertz CT molecular complexity index is 348. The summed E-state index contributed by atoms with van der Waals surface area (Å²) in [6.07, 6.45) is 6.84. The molecule has 2 nitrogen and oxygen atoms in total. The van der Waals surface area contributed by atoms with Crippen molar-refractivity contribution in [3.05, 3.63) is 28.7 Å². The molecule has 0 aromatic heterocycles. The van der Waals surface area contributed by atoms with Crippen LogP contribution < -0.4 is 4.74 Å². The summed E-state index contributed by atoms with van der Waals surface area (Å²) in [5, 5.41) is 0. The van der Waals surface area contributed by atoms with Crippen LogP contribution in [0.25, 0.3) is 0 Å². The lowest BCUT2D eigenvalue weighted by atomic mass is 9.90. The average molecular weight is 313 g/mol. The van der Waals surface area contributed by atoms with Crippen molar-refractivity contribution in [1.82, 2.24) is 0 Å². The Hall–Kier alpha value is -0.540. The summed E-state index contributed by atoms with van der Waals surface area (Å²) >= 11 is 3.43. The normalized spacial score (nSPS) is 16.7. The zero-order valence-electron chi connectivity index (χ0n) is 10.7. The molecule has 1 fully saturated rings. The van der Waals surface area contributed by atoms with E-state index in [9.17, 15) is 0 Å². The predicted molar refractivity (Wildman–Crippen MR) is 77.0 cm³/mol. The van der Waals surface area contributed by atoms with Crippen molar-refractivity contribution < 1.29 is 9.47 Å². The van der Waals surface area contributed by atoms with Crippen molar-refractivity contribution in [2.24, 2.45) is 5.92 Å². The first-order valence-corrected chi connectivity index (χ1v) is 7.60. The average Bonchev–Trinajstić information content (AvgIpc) is 2.40. The molecule has 0 aliphatic heterocycles. The molecule has 18 heavy (non-hydrogen) atoms. The number of halogens is 1. The van der Waals surface area contributed by atoms with Gasteiger partial charge in [0, 0.05) is 11.1 Å². The highest BCUT2D eigenvalue weighted by Crippen LogP contribution is 2.23. The molecule has 0 saturated heterocycles. The molecule has 0 unspecified atom stereocenters. The van der Waals surface area contributed by atoms with Gasteiger partial charge in [-0.05, 0) is 37.0 Å². The third-order valence-corrected chi connectivity index (χ3v) is 3.86. The first kappa shape index (κ1) is 13.9. The van der Waals surface area contributed by atoms with Gasteiger partial charge in [-0.3, -0.25) is 0 Å². The summed E-state index contributed by atoms with van der Waals surface area (Å²) in [5.41, 5.74) is 0. The highest BCUT2D eigenvalue weighted by Gasteiger charge is 2.12. The predicted octanol–water partition coefficient (Wildman–Crippen LogP) is 4.42. The third kappa shape index (κ3) is 4.99. The molecule has 0 bridgehead atoms. The molecular formula is C15H21BrO2. The number of benzene rings is 1. The molecule has 0 spiro atoms. The maximum atomic E-state index is 5.69.